The number of carboxylic acids is 1. The van der Waals surface area contributed by atoms with Crippen LogP contribution >= 0.6 is 11.6 Å². The Morgan fingerprint density at radius 3 is 2.57 bits per heavy atom. The first kappa shape index (κ1) is 31.0. The van der Waals surface area contributed by atoms with Gasteiger partial charge in [-0.1, -0.05) is 29.8 Å². The van der Waals surface area contributed by atoms with Gasteiger partial charge in [-0.25, -0.2) is 17.2 Å². The maximum atomic E-state index is 14.9. The summed E-state index contributed by atoms with van der Waals surface area (Å²) in [5.74, 6) is -4.79. The molecule has 4 rings (SSSR count). The molecule has 0 saturated carbocycles. The number of carbonyl (C=O) groups is 1. The fraction of sp³-hybridized carbons (Fsp3) is 0.296. The summed E-state index contributed by atoms with van der Waals surface area (Å²) < 4.78 is 104. The van der Waals surface area contributed by atoms with Gasteiger partial charge in [-0.2, -0.15) is 18.4 Å². The lowest BCUT2D eigenvalue weighted by Crippen LogP contribution is -2.32. The summed E-state index contributed by atoms with van der Waals surface area (Å²) in [6, 6.07) is 9.23. The summed E-state index contributed by atoms with van der Waals surface area (Å²) in [6.07, 6.45) is -5.28. The first-order valence-corrected chi connectivity index (χ1v) is 14.1. The molecular weight excluding hydrogens is 609 g/mol. The van der Waals surface area contributed by atoms with Crippen molar-refractivity contribution in [3.05, 3.63) is 70.5 Å². The Bertz CT molecular complexity index is 1680. The molecule has 0 radical (unpaired) electrons. The van der Waals surface area contributed by atoms with Crippen molar-refractivity contribution in [1.29, 1.82) is 5.26 Å². The quantitative estimate of drug-likeness (QED) is 0.220. The van der Waals surface area contributed by atoms with Crippen LogP contribution in [0.15, 0.2) is 53.6 Å². The average molecular weight is 630 g/mol. The number of carboxylic acid groups (broad SMARTS) is 1. The first-order valence-electron chi connectivity index (χ1n) is 12.3. The summed E-state index contributed by atoms with van der Waals surface area (Å²) in [4.78, 5) is 13.7. The van der Waals surface area contributed by atoms with E-state index in [1.165, 1.54) is 18.2 Å². The van der Waals surface area contributed by atoms with Gasteiger partial charge < -0.3 is 9.84 Å². The second-order valence-corrected chi connectivity index (χ2v) is 11.5. The number of nitriles is 1. The van der Waals surface area contributed by atoms with Crippen molar-refractivity contribution in [2.24, 2.45) is 0 Å². The van der Waals surface area contributed by atoms with Crippen LogP contribution in [0.3, 0.4) is 0 Å². The number of benzene rings is 2. The second kappa shape index (κ2) is 11.7. The monoisotopic (exact) mass is 629 g/mol. The Kier molecular flexibility index (Phi) is 8.65. The summed E-state index contributed by atoms with van der Waals surface area (Å²) in [5, 5.41) is 18.3. The number of aliphatic carboxylic acids is 1. The van der Waals surface area contributed by atoms with E-state index in [0.717, 1.165) is 28.7 Å². The molecule has 0 bridgehead atoms. The van der Waals surface area contributed by atoms with E-state index in [1.54, 1.807) is 6.07 Å². The smallest absolute Gasteiger partial charge is 0.433 e. The fourth-order valence-corrected chi connectivity index (χ4v) is 6.37. The van der Waals surface area contributed by atoms with Crippen LogP contribution in [0.4, 0.5) is 27.6 Å². The lowest BCUT2D eigenvalue weighted by Gasteiger charge is -2.26. The van der Waals surface area contributed by atoms with Gasteiger partial charge in [0.25, 0.3) is 15.9 Å². The number of ether oxygens (including phenoxy) is 1. The number of hydrogen-bond acceptors (Lipinski definition) is 6. The minimum atomic E-state index is -4.86. The van der Waals surface area contributed by atoms with E-state index < -0.39 is 56.2 Å². The highest BCUT2D eigenvalue weighted by Crippen LogP contribution is 2.45. The van der Waals surface area contributed by atoms with Crippen LogP contribution < -0.4 is 9.04 Å². The van der Waals surface area contributed by atoms with E-state index >= 15 is 0 Å². The molecule has 0 saturated heterocycles. The number of para-hydroxylation sites is 1. The maximum Gasteiger partial charge on any atom is 0.433 e. The van der Waals surface area contributed by atoms with E-state index in [2.05, 4.69) is 4.98 Å². The standard InChI is InChI=1S/C27H21ClF5N3O5S/c28-20-13-22(41-10-3-7-25(37)38)23(12-17(20)18-15-35-24(27(31,32)33)11-16(18)14-34)42(39,40)36-9-4-8-26(29,30)19-5-1-2-6-21(19)36/h1-2,5-6,11-13,15H,3-4,7-10H2,(H,37,38). The third-order valence-electron chi connectivity index (χ3n) is 6.42. The Morgan fingerprint density at radius 1 is 1.19 bits per heavy atom. The molecule has 0 amide bonds. The molecular formula is C27H21ClF5N3O5S. The number of nitrogens with zero attached hydrogens (tertiary/aromatic N) is 3. The lowest BCUT2D eigenvalue weighted by atomic mass is 10.0. The van der Waals surface area contributed by atoms with E-state index in [9.17, 15) is 40.4 Å². The molecule has 1 aliphatic heterocycles. The third-order valence-corrected chi connectivity index (χ3v) is 8.56. The zero-order chi connectivity index (χ0) is 30.9. The van der Waals surface area contributed by atoms with Crippen LogP contribution in [0, 0.1) is 11.3 Å². The van der Waals surface area contributed by atoms with Gasteiger partial charge in [0.15, 0.2) is 0 Å². The van der Waals surface area contributed by atoms with Crippen LogP contribution in [0.1, 0.15) is 42.5 Å². The van der Waals surface area contributed by atoms with Crippen LogP contribution in [0.25, 0.3) is 11.1 Å². The normalized spacial score (nSPS) is 14.9. The first-order chi connectivity index (χ1) is 19.7. The van der Waals surface area contributed by atoms with Crippen molar-refractivity contribution < 1.29 is 45.0 Å². The molecule has 0 spiro atoms. The van der Waals surface area contributed by atoms with Crippen LogP contribution in [-0.2, 0) is 26.9 Å². The SMILES string of the molecule is N#Cc1cc(C(F)(F)F)ncc1-c1cc(S(=O)(=O)N2CCCC(F)(F)c3ccccc32)c(OCCCC(=O)O)cc1Cl. The highest BCUT2D eigenvalue weighted by Gasteiger charge is 2.41. The highest BCUT2D eigenvalue weighted by atomic mass is 35.5. The molecule has 0 unspecified atom stereocenters. The molecule has 1 aliphatic rings. The van der Waals surface area contributed by atoms with E-state index in [4.69, 9.17) is 21.4 Å². The van der Waals surface area contributed by atoms with Gasteiger partial charge in [0.1, 0.15) is 16.3 Å². The lowest BCUT2D eigenvalue weighted by molar-refractivity contribution is -0.141. The summed E-state index contributed by atoms with van der Waals surface area (Å²) in [5.41, 5.74) is -3.04. The van der Waals surface area contributed by atoms with Gasteiger partial charge >= 0.3 is 12.1 Å². The molecule has 2 aromatic carbocycles. The van der Waals surface area contributed by atoms with Gasteiger partial charge in [0, 0.05) is 48.3 Å². The minimum absolute atomic E-state index is 0.0195. The fourth-order valence-electron chi connectivity index (χ4n) is 4.45. The number of halogens is 6. The van der Waals surface area contributed by atoms with Gasteiger partial charge in [-0.15, -0.1) is 0 Å². The van der Waals surface area contributed by atoms with Crippen LogP contribution in [0.5, 0.6) is 5.75 Å². The van der Waals surface area contributed by atoms with Gasteiger partial charge in [-0.3, -0.25) is 14.1 Å². The molecule has 3 aromatic rings. The maximum absolute atomic E-state index is 14.9. The molecule has 8 nitrogen and oxygen atoms in total. The Morgan fingerprint density at radius 2 is 1.90 bits per heavy atom. The van der Waals surface area contributed by atoms with Crippen molar-refractivity contribution in [3.63, 3.8) is 0 Å². The zero-order valence-corrected chi connectivity index (χ0v) is 23.0. The summed E-state index contributed by atoms with van der Waals surface area (Å²) in [6.45, 7) is -0.596. The number of aromatic nitrogens is 1. The molecule has 1 aromatic heterocycles. The molecule has 2 heterocycles. The topological polar surface area (TPSA) is 121 Å². The number of pyridine rings is 1. The second-order valence-electron chi connectivity index (χ2n) is 9.25. The van der Waals surface area contributed by atoms with Crippen molar-refractivity contribution in [2.75, 3.05) is 17.5 Å². The molecule has 15 heteroatoms. The predicted molar refractivity (Wildman–Crippen MR) is 141 cm³/mol. The molecule has 0 aliphatic carbocycles. The summed E-state index contributed by atoms with van der Waals surface area (Å²) in [7, 11) is -4.71. The number of hydrogen-bond donors (Lipinski definition) is 1. The van der Waals surface area contributed by atoms with Gasteiger partial charge in [0.2, 0.25) is 0 Å². The van der Waals surface area contributed by atoms with Crippen LogP contribution in [-0.4, -0.2) is 37.6 Å². The highest BCUT2D eigenvalue weighted by molar-refractivity contribution is 7.93. The molecule has 222 valence electrons. The average Bonchev–Trinajstić information content (AvgIpc) is 3.06. The molecule has 1 N–H and O–H groups in total. The Hall–Kier alpha value is -3.96. The minimum Gasteiger partial charge on any atom is -0.492 e. The predicted octanol–water partition coefficient (Wildman–Crippen LogP) is 6.62. The van der Waals surface area contributed by atoms with Crippen molar-refractivity contribution >= 4 is 33.3 Å². The van der Waals surface area contributed by atoms with Crippen molar-refractivity contribution in [3.8, 4) is 22.9 Å². The Labute approximate surface area is 242 Å². The van der Waals surface area contributed by atoms with Crippen molar-refractivity contribution in [2.45, 2.75) is 42.7 Å². The molecule has 0 atom stereocenters. The van der Waals surface area contributed by atoms with E-state index in [0.29, 0.717) is 6.07 Å². The molecule has 0 fully saturated rings. The van der Waals surface area contributed by atoms with E-state index in [-0.39, 0.29) is 60.0 Å². The van der Waals surface area contributed by atoms with Gasteiger partial charge in [-0.05, 0) is 31.0 Å². The number of alkyl halides is 5. The zero-order valence-electron chi connectivity index (χ0n) is 21.5. The Balaban J connectivity index is 1.91. The molecule has 42 heavy (non-hydrogen) atoms. The number of anilines is 1. The third kappa shape index (κ3) is 6.27. The number of fused-ring (bicyclic) bond motifs is 1. The summed E-state index contributed by atoms with van der Waals surface area (Å²) >= 11 is 6.40. The van der Waals surface area contributed by atoms with Crippen molar-refractivity contribution in [1.82, 2.24) is 4.98 Å². The number of rotatable bonds is 8. The number of sulfonamides is 1. The van der Waals surface area contributed by atoms with E-state index in [1.807, 2.05) is 0 Å². The van der Waals surface area contributed by atoms with Crippen LogP contribution in [0.2, 0.25) is 5.02 Å². The largest absolute Gasteiger partial charge is 0.492 e. The van der Waals surface area contributed by atoms with Gasteiger partial charge in [0.05, 0.1) is 28.9 Å².